The Morgan fingerprint density at radius 1 is 1.38 bits per heavy atom. The number of amides is 2. The molecule has 0 bridgehead atoms. The molecule has 0 unspecified atom stereocenters. The first-order chi connectivity index (χ1) is 10.1. The molecule has 0 saturated carbocycles. The summed E-state index contributed by atoms with van der Waals surface area (Å²) in [6.07, 6.45) is 2.38. The zero-order valence-electron chi connectivity index (χ0n) is 11.4. The lowest BCUT2D eigenvalue weighted by molar-refractivity contribution is -0.200. The topological polar surface area (TPSA) is 76.7 Å². The molecule has 0 aliphatic carbocycles. The maximum absolute atomic E-state index is 11.8. The fourth-order valence-electron chi connectivity index (χ4n) is 1.86. The molecular formula is C14H17BrN2O4. The highest BCUT2D eigenvalue weighted by Crippen LogP contribution is 2.12. The minimum absolute atomic E-state index is 0.155. The molecule has 114 valence electrons. The van der Waals surface area contributed by atoms with Gasteiger partial charge in [0.2, 0.25) is 0 Å². The third-order valence-corrected chi connectivity index (χ3v) is 3.43. The smallest absolute Gasteiger partial charge is 0.263 e. The molecule has 6 nitrogen and oxygen atoms in total. The summed E-state index contributed by atoms with van der Waals surface area (Å²) in [6.45, 7) is 0.484. The van der Waals surface area contributed by atoms with Gasteiger partial charge in [0.1, 0.15) is 0 Å². The monoisotopic (exact) mass is 356 g/mol. The summed E-state index contributed by atoms with van der Waals surface area (Å²) < 4.78 is 6.11. The van der Waals surface area contributed by atoms with Gasteiger partial charge in [-0.25, -0.2) is 10.3 Å². The predicted molar refractivity (Wildman–Crippen MR) is 79.3 cm³/mol. The van der Waals surface area contributed by atoms with Gasteiger partial charge in [-0.15, -0.1) is 0 Å². The van der Waals surface area contributed by atoms with Crippen LogP contribution in [0, 0.1) is 0 Å². The first kappa shape index (κ1) is 15.9. The van der Waals surface area contributed by atoms with Crippen LogP contribution in [0.1, 0.15) is 29.6 Å². The molecule has 7 heteroatoms. The normalized spacial score (nSPS) is 18.0. The standard InChI is InChI=1S/C14H17BrN2O4/c15-11-5-3-4-10(8-11)14(19)16-9-12(18)17-21-13-6-1-2-7-20-13/h3-5,8,13H,1-2,6-7,9H2,(H,16,19)(H,17,18)/t13-/m0/s1. The van der Waals surface area contributed by atoms with Gasteiger partial charge in [-0.3, -0.25) is 9.59 Å². The van der Waals surface area contributed by atoms with Crippen LogP contribution in [0.25, 0.3) is 0 Å². The van der Waals surface area contributed by atoms with Gasteiger partial charge in [-0.2, -0.15) is 0 Å². The Labute approximate surface area is 131 Å². The summed E-state index contributed by atoms with van der Waals surface area (Å²) >= 11 is 3.29. The number of carbonyl (C=O) groups is 2. The Kier molecular flexibility index (Phi) is 6.16. The van der Waals surface area contributed by atoms with Crippen molar-refractivity contribution in [2.75, 3.05) is 13.2 Å². The Balaban J connectivity index is 1.69. The highest BCUT2D eigenvalue weighted by atomic mass is 79.9. The lowest BCUT2D eigenvalue weighted by Gasteiger charge is -2.22. The van der Waals surface area contributed by atoms with Crippen molar-refractivity contribution in [3.63, 3.8) is 0 Å². The van der Waals surface area contributed by atoms with Crippen molar-refractivity contribution in [1.29, 1.82) is 0 Å². The van der Waals surface area contributed by atoms with Gasteiger partial charge in [0.15, 0.2) is 6.29 Å². The predicted octanol–water partition coefficient (Wildman–Crippen LogP) is 1.75. The van der Waals surface area contributed by atoms with Crippen molar-refractivity contribution in [2.24, 2.45) is 0 Å². The molecule has 1 atom stereocenters. The molecule has 0 radical (unpaired) electrons. The van der Waals surface area contributed by atoms with E-state index in [1.165, 1.54) is 0 Å². The molecule has 1 heterocycles. The van der Waals surface area contributed by atoms with Crippen molar-refractivity contribution in [3.8, 4) is 0 Å². The van der Waals surface area contributed by atoms with Gasteiger partial charge in [0.25, 0.3) is 11.8 Å². The SMILES string of the molecule is O=C(CNC(=O)c1cccc(Br)c1)NO[C@H]1CCCCO1. The van der Waals surface area contributed by atoms with Crippen LogP contribution >= 0.6 is 15.9 Å². The number of hydroxylamine groups is 1. The van der Waals surface area contributed by atoms with E-state index in [4.69, 9.17) is 9.57 Å². The molecule has 1 aliphatic heterocycles. The van der Waals surface area contributed by atoms with Crippen LogP contribution in [-0.2, 0) is 14.4 Å². The van der Waals surface area contributed by atoms with Crippen LogP contribution in [0.5, 0.6) is 0 Å². The summed E-state index contributed by atoms with van der Waals surface area (Å²) in [6, 6.07) is 6.92. The van der Waals surface area contributed by atoms with Crippen molar-refractivity contribution in [1.82, 2.24) is 10.8 Å². The van der Waals surface area contributed by atoms with Gasteiger partial charge in [-0.1, -0.05) is 22.0 Å². The van der Waals surface area contributed by atoms with Gasteiger partial charge in [0.05, 0.1) is 6.54 Å². The van der Waals surface area contributed by atoms with Gasteiger partial charge in [0, 0.05) is 23.1 Å². The number of carbonyl (C=O) groups excluding carboxylic acids is 2. The molecule has 0 aromatic heterocycles. The molecule has 21 heavy (non-hydrogen) atoms. The zero-order valence-corrected chi connectivity index (χ0v) is 13.0. The zero-order chi connectivity index (χ0) is 15.1. The highest BCUT2D eigenvalue weighted by molar-refractivity contribution is 9.10. The van der Waals surface area contributed by atoms with Crippen molar-refractivity contribution >= 4 is 27.7 Å². The number of nitrogens with one attached hydrogen (secondary N) is 2. The molecular weight excluding hydrogens is 340 g/mol. The third kappa shape index (κ3) is 5.45. The second-order valence-electron chi connectivity index (χ2n) is 4.63. The molecule has 1 fully saturated rings. The number of ether oxygens (including phenoxy) is 1. The second-order valence-corrected chi connectivity index (χ2v) is 5.55. The molecule has 2 N–H and O–H groups in total. The number of benzene rings is 1. The largest absolute Gasteiger partial charge is 0.350 e. The quantitative estimate of drug-likeness (QED) is 0.788. The van der Waals surface area contributed by atoms with Crippen molar-refractivity contribution in [3.05, 3.63) is 34.3 Å². The number of rotatable bonds is 5. The minimum atomic E-state index is -0.424. The molecule has 0 spiro atoms. The van der Waals surface area contributed by atoms with Gasteiger partial charge < -0.3 is 10.1 Å². The summed E-state index contributed by atoms with van der Waals surface area (Å²) in [5.74, 6) is -0.743. The molecule has 2 rings (SSSR count). The Hall–Kier alpha value is -1.44. The lowest BCUT2D eigenvalue weighted by atomic mass is 10.2. The van der Waals surface area contributed by atoms with E-state index >= 15 is 0 Å². The van der Waals surface area contributed by atoms with Crippen LogP contribution in [0.15, 0.2) is 28.7 Å². The van der Waals surface area contributed by atoms with Crippen molar-refractivity contribution < 1.29 is 19.2 Å². The average Bonchev–Trinajstić information content (AvgIpc) is 2.51. The first-order valence-corrected chi connectivity index (χ1v) is 7.54. The van der Waals surface area contributed by atoms with E-state index in [0.29, 0.717) is 12.2 Å². The highest BCUT2D eigenvalue weighted by Gasteiger charge is 2.16. The number of hydrogen-bond donors (Lipinski definition) is 2. The number of hydrogen-bond acceptors (Lipinski definition) is 4. The molecule has 1 saturated heterocycles. The van der Waals surface area contributed by atoms with Crippen LogP contribution in [0.3, 0.4) is 0 Å². The maximum Gasteiger partial charge on any atom is 0.263 e. The number of halogens is 1. The Bertz CT molecular complexity index is 504. The molecule has 1 aromatic rings. The van der Waals surface area contributed by atoms with Gasteiger partial charge in [-0.05, 0) is 31.0 Å². The van der Waals surface area contributed by atoms with E-state index in [-0.39, 0.29) is 12.5 Å². The van der Waals surface area contributed by atoms with Crippen LogP contribution < -0.4 is 10.8 Å². The fourth-order valence-corrected chi connectivity index (χ4v) is 2.26. The van der Waals surface area contributed by atoms with E-state index in [0.717, 1.165) is 23.7 Å². The van der Waals surface area contributed by atoms with Crippen LogP contribution in [0.2, 0.25) is 0 Å². The van der Waals surface area contributed by atoms with E-state index in [1.54, 1.807) is 18.2 Å². The summed E-state index contributed by atoms with van der Waals surface area (Å²) in [5.41, 5.74) is 2.76. The Morgan fingerprint density at radius 2 is 2.24 bits per heavy atom. The van der Waals surface area contributed by atoms with Crippen molar-refractivity contribution in [2.45, 2.75) is 25.6 Å². The van der Waals surface area contributed by atoms with E-state index in [9.17, 15) is 9.59 Å². The Morgan fingerprint density at radius 3 is 2.95 bits per heavy atom. The van der Waals surface area contributed by atoms with Gasteiger partial charge >= 0.3 is 0 Å². The van der Waals surface area contributed by atoms with Crippen LogP contribution in [-0.4, -0.2) is 31.3 Å². The second kappa shape index (κ2) is 8.11. The molecule has 2 amide bonds. The van der Waals surface area contributed by atoms with E-state index in [1.807, 2.05) is 6.07 Å². The lowest BCUT2D eigenvalue weighted by Crippen LogP contribution is -2.39. The minimum Gasteiger partial charge on any atom is -0.350 e. The third-order valence-electron chi connectivity index (χ3n) is 2.94. The summed E-state index contributed by atoms with van der Waals surface area (Å²) in [4.78, 5) is 28.5. The fraction of sp³-hybridized carbons (Fsp3) is 0.429. The molecule has 1 aromatic carbocycles. The maximum atomic E-state index is 11.8. The summed E-state index contributed by atoms with van der Waals surface area (Å²) in [5, 5.41) is 2.52. The average molecular weight is 357 g/mol. The molecule has 1 aliphatic rings. The van der Waals surface area contributed by atoms with E-state index < -0.39 is 12.2 Å². The van der Waals surface area contributed by atoms with Crippen LogP contribution in [0.4, 0.5) is 0 Å². The summed E-state index contributed by atoms with van der Waals surface area (Å²) in [7, 11) is 0. The van der Waals surface area contributed by atoms with E-state index in [2.05, 4.69) is 26.7 Å². The first-order valence-electron chi connectivity index (χ1n) is 6.75.